The molecule has 1 saturated heterocycles. The Bertz CT molecular complexity index is 1710. The number of amides is 3. The van der Waals surface area contributed by atoms with Gasteiger partial charge in [-0.1, -0.05) is 52.9 Å². The predicted octanol–water partition coefficient (Wildman–Crippen LogP) is 4.37. The highest BCUT2D eigenvalue weighted by Gasteiger charge is 2.56. The summed E-state index contributed by atoms with van der Waals surface area (Å²) in [5.74, 6) is -1.69. The summed E-state index contributed by atoms with van der Waals surface area (Å²) in [6.07, 6.45) is 0. The first-order valence-electron chi connectivity index (χ1n) is 12.8. The van der Waals surface area contributed by atoms with Crippen molar-refractivity contribution in [1.82, 2.24) is 4.57 Å². The number of thioether (sulfide) groups is 1. The summed E-state index contributed by atoms with van der Waals surface area (Å²) >= 11 is 2.16. The summed E-state index contributed by atoms with van der Waals surface area (Å²) in [7, 11) is 1.56. The zero-order chi connectivity index (χ0) is 28.8. The van der Waals surface area contributed by atoms with Crippen LogP contribution >= 0.6 is 23.1 Å². The van der Waals surface area contributed by atoms with Crippen LogP contribution in [0.25, 0.3) is 0 Å². The molecule has 3 amide bonds. The van der Waals surface area contributed by atoms with Crippen molar-refractivity contribution in [2.45, 2.75) is 29.7 Å². The van der Waals surface area contributed by atoms with E-state index in [1.807, 2.05) is 31.2 Å². The SMILES string of the molecule is COc1ccc([C@@H]2c3sc(=O)n(CC(=O)Nc4ccc(O)cc4)c3S[C@H]3C(=O)N(c4ccc(C)cc4)C(=O)[C@@H]23)cc1. The number of carbonyl (C=O) groups is 3. The second-order valence-corrected chi connectivity index (χ2v) is 12.0. The van der Waals surface area contributed by atoms with Gasteiger partial charge < -0.3 is 15.2 Å². The standard InChI is InChI=1S/C30H25N3O6S2/c1-16-3-9-19(10-4-16)33-27(36)24-23(17-5-13-21(39-2)14-6-17)26-29(40-25(24)28(33)37)32(30(38)41-26)15-22(35)31-18-7-11-20(34)12-8-18/h3-14,23-25,34H,15H2,1-2H3,(H,31,35)/t23-,24-,25+/m0/s1. The van der Waals surface area contributed by atoms with Crippen LogP contribution in [0, 0.1) is 12.8 Å². The lowest BCUT2D eigenvalue weighted by Gasteiger charge is -2.30. The fourth-order valence-corrected chi connectivity index (χ4v) is 8.04. The van der Waals surface area contributed by atoms with E-state index in [0.717, 1.165) is 22.5 Å². The van der Waals surface area contributed by atoms with E-state index in [9.17, 15) is 24.3 Å². The van der Waals surface area contributed by atoms with E-state index in [-0.39, 0.29) is 29.0 Å². The average Bonchev–Trinajstić information content (AvgIpc) is 3.41. The smallest absolute Gasteiger partial charge is 0.308 e. The van der Waals surface area contributed by atoms with E-state index in [1.54, 1.807) is 43.5 Å². The number of aromatic hydroxyl groups is 1. The number of thiazole rings is 1. The van der Waals surface area contributed by atoms with Crippen LogP contribution in [0.2, 0.25) is 0 Å². The molecule has 0 aliphatic carbocycles. The van der Waals surface area contributed by atoms with Gasteiger partial charge in [-0.05, 0) is 61.0 Å². The second kappa shape index (κ2) is 10.6. The second-order valence-electron chi connectivity index (χ2n) is 9.88. The normalized spacial score (nSPS) is 19.6. The molecule has 0 saturated carbocycles. The van der Waals surface area contributed by atoms with Gasteiger partial charge in [-0.15, -0.1) is 0 Å². The molecule has 9 nitrogen and oxygen atoms in total. The lowest BCUT2D eigenvalue weighted by molar-refractivity contribution is -0.122. The molecule has 3 aromatic carbocycles. The quantitative estimate of drug-likeness (QED) is 0.254. The lowest BCUT2D eigenvalue weighted by Crippen LogP contribution is -2.33. The summed E-state index contributed by atoms with van der Waals surface area (Å²) < 4.78 is 6.69. The molecule has 41 heavy (non-hydrogen) atoms. The minimum atomic E-state index is -0.774. The summed E-state index contributed by atoms with van der Waals surface area (Å²) in [6.45, 7) is 1.66. The van der Waals surface area contributed by atoms with Gasteiger partial charge in [-0.25, -0.2) is 4.90 Å². The van der Waals surface area contributed by atoms with Crippen molar-refractivity contribution in [2.75, 3.05) is 17.3 Å². The van der Waals surface area contributed by atoms with E-state index in [2.05, 4.69) is 5.32 Å². The number of aromatic nitrogens is 1. The van der Waals surface area contributed by atoms with Crippen LogP contribution < -0.4 is 19.8 Å². The van der Waals surface area contributed by atoms with Gasteiger partial charge >= 0.3 is 4.87 Å². The first-order valence-corrected chi connectivity index (χ1v) is 14.5. The number of fused-ring (bicyclic) bond motifs is 2. The van der Waals surface area contributed by atoms with Crippen molar-refractivity contribution in [3.05, 3.63) is 98.5 Å². The summed E-state index contributed by atoms with van der Waals surface area (Å²) in [6, 6.07) is 20.5. The Balaban J connectivity index is 1.40. The first kappa shape index (κ1) is 26.9. The fraction of sp³-hybridized carbons (Fsp3) is 0.200. The molecule has 1 aromatic heterocycles. The molecule has 4 aromatic rings. The number of anilines is 2. The van der Waals surface area contributed by atoms with E-state index >= 15 is 0 Å². The fourth-order valence-electron chi connectivity index (χ4n) is 5.26. The van der Waals surface area contributed by atoms with Crippen LogP contribution in [0.5, 0.6) is 11.5 Å². The number of phenolic OH excluding ortho intramolecular Hbond substituents is 1. The highest BCUT2D eigenvalue weighted by molar-refractivity contribution is 8.00. The zero-order valence-corrected chi connectivity index (χ0v) is 23.7. The van der Waals surface area contributed by atoms with Crippen molar-refractivity contribution < 1.29 is 24.2 Å². The number of imide groups is 1. The summed E-state index contributed by atoms with van der Waals surface area (Å²) in [5.41, 5.74) is 2.76. The molecule has 208 valence electrons. The number of hydrogen-bond donors (Lipinski definition) is 2. The van der Waals surface area contributed by atoms with Gasteiger partial charge in [0.1, 0.15) is 23.3 Å². The minimum absolute atomic E-state index is 0.0668. The van der Waals surface area contributed by atoms with Gasteiger partial charge in [0.05, 0.1) is 23.7 Å². The van der Waals surface area contributed by atoms with Crippen molar-refractivity contribution in [3.63, 3.8) is 0 Å². The average molecular weight is 588 g/mol. The van der Waals surface area contributed by atoms with Crippen LogP contribution in [-0.4, -0.2) is 39.8 Å². The Morgan fingerprint density at radius 1 is 0.951 bits per heavy atom. The van der Waals surface area contributed by atoms with Gasteiger partial charge in [0.25, 0.3) is 0 Å². The third-order valence-electron chi connectivity index (χ3n) is 7.27. The summed E-state index contributed by atoms with van der Waals surface area (Å²) in [4.78, 5) is 55.5. The maximum absolute atomic E-state index is 14.0. The highest BCUT2D eigenvalue weighted by Crippen LogP contribution is 2.54. The number of phenols is 1. The van der Waals surface area contributed by atoms with Gasteiger partial charge in [-0.2, -0.15) is 0 Å². The molecule has 3 atom stereocenters. The number of methoxy groups -OCH3 is 1. The molecule has 2 aliphatic heterocycles. The molecule has 0 radical (unpaired) electrons. The number of benzene rings is 3. The third kappa shape index (κ3) is 4.81. The number of hydrogen-bond acceptors (Lipinski definition) is 8. The molecule has 2 N–H and O–H groups in total. The Morgan fingerprint density at radius 3 is 2.29 bits per heavy atom. The number of aryl methyl sites for hydroxylation is 1. The van der Waals surface area contributed by atoms with E-state index in [1.165, 1.54) is 33.4 Å². The number of rotatable bonds is 6. The van der Waals surface area contributed by atoms with Gasteiger partial charge in [-0.3, -0.25) is 23.7 Å². The predicted molar refractivity (Wildman–Crippen MR) is 157 cm³/mol. The molecule has 3 heterocycles. The Hall–Kier alpha value is -4.35. The van der Waals surface area contributed by atoms with Gasteiger partial charge in [0.2, 0.25) is 17.7 Å². The van der Waals surface area contributed by atoms with Crippen LogP contribution in [0.4, 0.5) is 11.4 Å². The first-order chi connectivity index (χ1) is 19.7. The largest absolute Gasteiger partial charge is 0.508 e. The molecular formula is C30H25N3O6S2. The van der Waals surface area contributed by atoms with Crippen molar-refractivity contribution >= 4 is 52.2 Å². The van der Waals surface area contributed by atoms with Crippen LogP contribution in [0.3, 0.4) is 0 Å². The molecular weight excluding hydrogens is 562 g/mol. The topological polar surface area (TPSA) is 118 Å². The van der Waals surface area contributed by atoms with E-state index in [4.69, 9.17) is 4.74 Å². The highest BCUT2D eigenvalue weighted by atomic mass is 32.2. The van der Waals surface area contributed by atoms with Crippen LogP contribution in [0.1, 0.15) is 21.9 Å². The Labute approximate surface area is 243 Å². The minimum Gasteiger partial charge on any atom is -0.508 e. The monoisotopic (exact) mass is 587 g/mol. The molecule has 0 spiro atoms. The van der Waals surface area contributed by atoms with Crippen LogP contribution in [0.15, 0.2) is 82.6 Å². The molecule has 1 fully saturated rings. The summed E-state index contributed by atoms with van der Waals surface area (Å²) in [5, 5.41) is 12.0. The molecule has 2 aliphatic rings. The zero-order valence-electron chi connectivity index (χ0n) is 22.1. The van der Waals surface area contributed by atoms with Gasteiger partial charge in [0, 0.05) is 16.5 Å². The maximum Gasteiger partial charge on any atom is 0.308 e. The van der Waals surface area contributed by atoms with E-state index in [0.29, 0.717) is 27.0 Å². The lowest BCUT2D eigenvalue weighted by atomic mass is 9.83. The number of ether oxygens (including phenoxy) is 1. The molecule has 0 bridgehead atoms. The molecule has 6 rings (SSSR count). The van der Waals surface area contributed by atoms with Gasteiger partial charge in [0.15, 0.2) is 0 Å². The van der Waals surface area contributed by atoms with E-state index < -0.39 is 23.0 Å². The molecule has 0 unspecified atom stereocenters. The van der Waals surface area contributed by atoms with Crippen molar-refractivity contribution in [3.8, 4) is 11.5 Å². The number of nitrogens with zero attached hydrogens (tertiary/aromatic N) is 2. The molecule has 11 heteroatoms. The maximum atomic E-state index is 14.0. The Morgan fingerprint density at radius 2 is 1.63 bits per heavy atom. The van der Waals surface area contributed by atoms with Crippen molar-refractivity contribution in [2.24, 2.45) is 5.92 Å². The van der Waals surface area contributed by atoms with Crippen molar-refractivity contribution in [1.29, 1.82) is 0 Å². The number of nitrogens with one attached hydrogen (secondary N) is 1. The van der Waals surface area contributed by atoms with Crippen LogP contribution in [-0.2, 0) is 20.9 Å². The third-order valence-corrected chi connectivity index (χ3v) is 9.87. The number of carbonyl (C=O) groups excluding carboxylic acids is 3. The Kier molecular flexibility index (Phi) is 6.92.